The van der Waals surface area contributed by atoms with Gasteiger partial charge in [-0.15, -0.1) is 0 Å². The van der Waals surface area contributed by atoms with Crippen LogP contribution in [0.2, 0.25) is 0 Å². The van der Waals surface area contributed by atoms with Crippen LogP contribution >= 0.6 is 0 Å². The fourth-order valence-corrected chi connectivity index (χ4v) is 5.22. The van der Waals surface area contributed by atoms with Crippen molar-refractivity contribution in [1.29, 1.82) is 0 Å². The van der Waals surface area contributed by atoms with Crippen LogP contribution in [0, 0.1) is 5.92 Å². The van der Waals surface area contributed by atoms with Gasteiger partial charge in [-0.1, -0.05) is 122 Å². The summed E-state index contributed by atoms with van der Waals surface area (Å²) < 4.78 is 0. The Bertz CT molecular complexity index is 277. The molecule has 2 fully saturated rings. The van der Waals surface area contributed by atoms with Gasteiger partial charge in [-0.2, -0.15) is 0 Å². The molecule has 0 aromatic carbocycles. The van der Waals surface area contributed by atoms with Crippen molar-refractivity contribution in [3.63, 3.8) is 0 Å². The maximum atomic E-state index is 4.00. The molecule has 2 aliphatic carbocycles. The molecule has 154 valence electrons. The third kappa shape index (κ3) is 11.6. The van der Waals surface area contributed by atoms with E-state index in [9.17, 15) is 0 Å². The number of hydrogen-bond acceptors (Lipinski definition) is 1. The van der Waals surface area contributed by atoms with Gasteiger partial charge >= 0.3 is 0 Å². The molecule has 1 heteroatoms. The largest absolute Gasteiger partial charge is 0.314 e. The van der Waals surface area contributed by atoms with E-state index in [0.29, 0.717) is 0 Å². The lowest BCUT2D eigenvalue weighted by atomic mass is 9.92. The van der Waals surface area contributed by atoms with Crippen molar-refractivity contribution in [3.05, 3.63) is 0 Å². The maximum Gasteiger partial charge on any atom is 0.00670 e. The van der Waals surface area contributed by atoms with E-state index in [4.69, 9.17) is 0 Å². The number of hydrogen-bond donors (Lipinski definition) is 1. The van der Waals surface area contributed by atoms with Gasteiger partial charge < -0.3 is 5.32 Å². The van der Waals surface area contributed by atoms with Gasteiger partial charge in [0.2, 0.25) is 0 Å². The third-order valence-electron chi connectivity index (χ3n) is 7.07. The Kier molecular flexibility index (Phi) is 13.7. The second-order valence-electron chi connectivity index (χ2n) is 9.47. The normalized spacial score (nSPS) is 24.9. The molecule has 2 aliphatic rings. The highest BCUT2D eigenvalue weighted by Crippen LogP contribution is 2.24. The van der Waals surface area contributed by atoms with E-state index in [2.05, 4.69) is 5.32 Å². The molecule has 0 unspecified atom stereocenters. The SMILES string of the molecule is C1CCCCCC(NCCC2CCCCCCCCCC2)CCCCC1. The molecule has 1 N–H and O–H groups in total. The zero-order valence-electron chi connectivity index (χ0n) is 17.9. The Morgan fingerprint density at radius 3 is 1.19 bits per heavy atom. The van der Waals surface area contributed by atoms with Crippen LogP contribution < -0.4 is 5.32 Å². The van der Waals surface area contributed by atoms with Crippen molar-refractivity contribution in [2.75, 3.05) is 6.54 Å². The van der Waals surface area contributed by atoms with Gasteiger partial charge in [-0.3, -0.25) is 0 Å². The molecule has 26 heavy (non-hydrogen) atoms. The van der Waals surface area contributed by atoms with Crippen LogP contribution in [-0.4, -0.2) is 12.6 Å². The van der Waals surface area contributed by atoms with Crippen LogP contribution in [0.15, 0.2) is 0 Å². The first-order valence-electron chi connectivity index (χ1n) is 12.7. The maximum absolute atomic E-state index is 4.00. The summed E-state index contributed by atoms with van der Waals surface area (Å²) in [5.74, 6) is 1.01. The van der Waals surface area contributed by atoms with E-state index in [1.54, 1.807) is 0 Å². The molecule has 1 nitrogen and oxygen atoms in total. The van der Waals surface area contributed by atoms with Gasteiger partial charge in [-0.05, 0) is 31.7 Å². The van der Waals surface area contributed by atoms with Gasteiger partial charge in [0.25, 0.3) is 0 Å². The minimum absolute atomic E-state index is 0.817. The van der Waals surface area contributed by atoms with Crippen molar-refractivity contribution in [3.8, 4) is 0 Å². The first kappa shape index (κ1) is 22.3. The van der Waals surface area contributed by atoms with Crippen molar-refractivity contribution in [1.82, 2.24) is 5.32 Å². The predicted molar refractivity (Wildman–Crippen MR) is 117 cm³/mol. The Morgan fingerprint density at radius 2 is 0.769 bits per heavy atom. The third-order valence-corrected chi connectivity index (χ3v) is 7.07. The summed E-state index contributed by atoms with van der Waals surface area (Å²) in [7, 11) is 0. The van der Waals surface area contributed by atoms with Crippen molar-refractivity contribution in [2.45, 2.75) is 147 Å². The number of rotatable bonds is 4. The van der Waals surface area contributed by atoms with E-state index in [0.717, 1.165) is 12.0 Å². The predicted octanol–water partition coefficient (Wildman–Crippen LogP) is 8.17. The fraction of sp³-hybridized carbons (Fsp3) is 1.00. The molecule has 0 radical (unpaired) electrons. The van der Waals surface area contributed by atoms with Gasteiger partial charge in [-0.25, -0.2) is 0 Å². The molecule has 0 aromatic heterocycles. The lowest BCUT2D eigenvalue weighted by molar-refractivity contribution is 0.350. The molecule has 0 bridgehead atoms. The Hall–Kier alpha value is -0.0400. The minimum Gasteiger partial charge on any atom is -0.314 e. The molecular weight excluding hydrogens is 314 g/mol. The summed E-state index contributed by atoms with van der Waals surface area (Å²) in [6.07, 6.45) is 32.6. The lowest BCUT2D eigenvalue weighted by Crippen LogP contribution is -2.31. The Labute approximate surface area is 165 Å². The average Bonchev–Trinajstić information content (AvgIpc) is 2.70. The molecule has 0 heterocycles. The highest BCUT2D eigenvalue weighted by atomic mass is 14.9. The summed E-state index contributed by atoms with van der Waals surface area (Å²) in [4.78, 5) is 0. The van der Waals surface area contributed by atoms with Crippen LogP contribution in [0.5, 0.6) is 0 Å². The summed E-state index contributed by atoms with van der Waals surface area (Å²) in [5.41, 5.74) is 0. The van der Waals surface area contributed by atoms with Crippen molar-refractivity contribution < 1.29 is 0 Å². The standard InChI is InChI=1S/C25H49N/c1-2-8-12-16-20-25(21-17-13-9-3-1)26-23-22-24-18-14-10-6-4-5-7-11-15-19-24/h24-26H,1-23H2. The second kappa shape index (κ2) is 16.0. The first-order chi connectivity index (χ1) is 12.9. The monoisotopic (exact) mass is 363 g/mol. The molecule has 0 saturated heterocycles. The highest BCUT2D eigenvalue weighted by Gasteiger charge is 2.12. The van der Waals surface area contributed by atoms with Gasteiger partial charge in [0.15, 0.2) is 0 Å². The van der Waals surface area contributed by atoms with Gasteiger partial charge in [0, 0.05) is 6.04 Å². The van der Waals surface area contributed by atoms with Gasteiger partial charge in [0.05, 0.1) is 0 Å². The molecule has 0 atom stereocenters. The van der Waals surface area contributed by atoms with Crippen molar-refractivity contribution >= 4 is 0 Å². The number of nitrogens with one attached hydrogen (secondary N) is 1. The van der Waals surface area contributed by atoms with E-state index < -0.39 is 0 Å². The van der Waals surface area contributed by atoms with Crippen LogP contribution in [0.1, 0.15) is 141 Å². The Morgan fingerprint density at radius 1 is 0.423 bits per heavy atom. The topological polar surface area (TPSA) is 12.0 Å². The van der Waals surface area contributed by atoms with Crippen LogP contribution in [0.25, 0.3) is 0 Å². The highest BCUT2D eigenvalue weighted by molar-refractivity contribution is 4.70. The van der Waals surface area contributed by atoms with E-state index >= 15 is 0 Å². The molecular formula is C25H49N. The zero-order chi connectivity index (χ0) is 18.1. The smallest absolute Gasteiger partial charge is 0.00670 e. The van der Waals surface area contributed by atoms with Gasteiger partial charge in [0.1, 0.15) is 0 Å². The van der Waals surface area contributed by atoms with Crippen LogP contribution in [0.3, 0.4) is 0 Å². The summed E-state index contributed by atoms with van der Waals surface area (Å²) in [6, 6.07) is 0.817. The van der Waals surface area contributed by atoms with Crippen molar-refractivity contribution in [2.24, 2.45) is 5.92 Å². The second-order valence-corrected chi connectivity index (χ2v) is 9.47. The van der Waals surface area contributed by atoms with Crippen LogP contribution in [0.4, 0.5) is 0 Å². The summed E-state index contributed by atoms with van der Waals surface area (Å²) in [5, 5.41) is 4.00. The summed E-state index contributed by atoms with van der Waals surface area (Å²) >= 11 is 0. The molecule has 0 spiro atoms. The van der Waals surface area contributed by atoms with E-state index in [-0.39, 0.29) is 0 Å². The van der Waals surface area contributed by atoms with E-state index in [1.807, 2.05) is 0 Å². The molecule has 0 aliphatic heterocycles. The van der Waals surface area contributed by atoms with E-state index in [1.165, 1.54) is 148 Å². The quantitative estimate of drug-likeness (QED) is 0.531. The van der Waals surface area contributed by atoms with Crippen LogP contribution in [-0.2, 0) is 0 Å². The fourth-order valence-electron chi connectivity index (χ4n) is 5.22. The molecule has 2 saturated carbocycles. The molecule has 0 amide bonds. The first-order valence-corrected chi connectivity index (χ1v) is 12.7. The Balaban J connectivity index is 1.64. The lowest BCUT2D eigenvalue weighted by Gasteiger charge is -2.22. The average molecular weight is 364 g/mol. The summed E-state index contributed by atoms with van der Waals surface area (Å²) in [6.45, 7) is 1.29. The zero-order valence-corrected chi connectivity index (χ0v) is 17.9. The molecule has 2 rings (SSSR count). The minimum atomic E-state index is 0.817. The molecule has 0 aromatic rings.